The van der Waals surface area contributed by atoms with Crippen molar-refractivity contribution < 1.29 is 4.79 Å². The van der Waals surface area contributed by atoms with Gasteiger partial charge in [-0.2, -0.15) is 5.10 Å². The Morgan fingerprint density at radius 3 is 2.83 bits per heavy atom. The van der Waals surface area contributed by atoms with Crippen LogP contribution in [0.4, 0.5) is 5.69 Å². The summed E-state index contributed by atoms with van der Waals surface area (Å²) in [5.74, 6) is 0.374. The first-order valence-corrected chi connectivity index (χ1v) is 8.51. The molecule has 24 heavy (non-hydrogen) atoms. The molecular formula is C18H25N5O. The molecule has 1 aliphatic rings. The summed E-state index contributed by atoms with van der Waals surface area (Å²) in [6, 6.07) is 4.12. The average Bonchev–Trinajstić information content (AvgIpc) is 3.20. The van der Waals surface area contributed by atoms with Crippen molar-refractivity contribution in [3.05, 3.63) is 41.0 Å². The average molecular weight is 327 g/mol. The highest BCUT2D eigenvalue weighted by atomic mass is 16.2. The third-order valence-corrected chi connectivity index (χ3v) is 4.66. The number of rotatable bonds is 4. The van der Waals surface area contributed by atoms with Crippen LogP contribution in [0.15, 0.2) is 18.3 Å². The molecule has 1 N–H and O–H groups in total. The van der Waals surface area contributed by atoms with Crippen LogP contribution in [0.5, 0.6) is 0 Å². The number of pyridine rings is 1. The van der Waals surface area contributed by atoms with Gasteiger partial charge in [0, 0.05) is 55.9 Å². The Morgan fingerprint density at radius 1 is 1.38 bits per heavy atom. The lowest BCUT2D eigenvalue weighted by atomic mass is 10.0. The van der Waals surface area contributed by atoms with Crippen molar-refractivity contribution >= 4 is 11.6 Å². The first-order valence-electron chi connectivity index (χ1n) is 8.51. The Hall–Kier alpha value is -2.37. The number of anilines is 1. The molecule has 0 aromatic carbocycles. The van der Waals surface area contributed by atoms with E-state index in [1.165, 1.54) is 0 Å². The van der Waals surface area contributed by atoms with Crippen LogP contribution < -0.4 is 5.32 Å². The minimum absolute atomic E-state index is 0.0798. The highest BCUT2D eigenvalue weighted by molar-refractivity contribution is 5.95. The van der Waals surface area contributed by atoms with E-state index in [0.29, 0.717) is 11.5 Å². The molecule has 3 rings (SSSR count). The van der Waals surface area contributed by atoms with Crippen LogP contribution in [-0.4, -0.2) is 45.7 Å². The lowest BCUT2D eigenvalue weighted by Crippen LogP contribution is -2.28. The van der Waals surface area contributed by atoms with Crippen LogP contribution in [0.1, 0.15) is 46.7 Å². The zero-order valence-electron chi connectivity index (χ0n) is 14.8. The molecule has 0 spiro atoms. The fourth-order valence-corrected chi connectivity index (χ4v) is 3.29. The Kier molecular flexibility index (Phi) is 4.55. The lowest BCUT2D eigenvalue weighted by molar-refractivity contribution is 0.0790. The van der Waals surface area contributed by atoms with Crippen molar-refractivity contribution in [3.63, 3.8) is 0 Å². The minimum atomic E-state index is 0.0798. The maximum Gasteiger partial charge on any atom is 0.257 e. The Morgan fingerprint density at radius 2 is 2.17 bits per heavy atom. The third kappa shape index (κ3) is 3.13. The number of nitrogens with zero attached hydrogens (tertiary/aromatic N) is 4. The van der Waals surface area contributed by atoms with Gasteiger partial charge in [0.1, 0.15) is 0 Å². The summed E-state index contributed by atoms with van der Waals surface area (Å²) in [7, 11) is 1.91. The van der Waals surface area contributed by atoms with Crippen molar-refractivity contribution in [2.24, 2.45) is 0 Å². The summed E-state index contributed by atoms with van der Waals surface area (Å²) in [4.78, 5) is 19.4. The van der Waals surface area contributed by atoms with E-state index < -0.39 is 0 Å². The number of likely N-dealkylation sites (tertiary alicyclic amines) is 1. The van der Waals surface area contributed by atoms with Gasteiger partial charge in [0.05, 0.1) is 11.3 Å². The van der Waals surface area contributed by atoms with Gasteiger partial charge in [0.25, 0.3) is 5.91 Å². The molecule has 1 aliphatic heterocycles. The molecule has 6 nitrogen and oxygen atoms in total. The Labute approximate surface area is 142 Å². The third-order valence-electron chi connectivity index (χ3n) is 4.66. The molecule has 6 heteroatoms. The van der Waals surface area contributed by atoms with Crippen molar-refractivity contribution in [2.75, 3.05) is 25.5 Å². The summed E-state index contributed by atoms with van der Waals surface area (Å²) >= 11 is 0. The van der Waals surface area contributed by atoms with Gasteiger partial charge in [-0.1, -0.05) is 0 Å². The minimum Gasteiger partial charge on any atom is -0.388 e. The maximum atomic E-state index is 12.8. The molecule has 1 amide bonds. The van der Waals surface area contributed by atoms with Gasteiger partial charge in [-0.3, -0.25) is 14.5 Å². The summed E-state index contributed by atoms with van der Waals surface area (Å²) in [6.45, 7) is 8.19. The molecule has 128 valence electrons. The first kappa shape index (κ1) is 16.5. The number of carbonyl (C=O) groups excluding carboxylic acids is 1. The lowest BCUT2D eigenvalue weighted by Gasteiger charge is -2.16. The van der Waals surface area contributed by atoms with Gasteiger partial charge in [0.2, 0.25) is 0 Å². The van der Waals surface area contributed by atoms with Gasteiger partial charge in [0.15, 0.2) is 0 Å². The zero-order valence-corrected chi connectivity index (χ0v) is 14.8. The highest BCUT2D eigenvalue weighted by Gasteiger charge is 2.30. The van der Waals surface area contributed by atoms with Crippen molar-refractivity contribution in [2.45, 2.75) is 39.7 Å². The van der Waals surface area contributed by atoms with Gasteiger partial charge in [-0.25, -0.2) is 0 Å². The summed E-state index contributed by atoms with van der Waals surface area (Å²) in [5.41, 5.74) is 4.65. The van der Waals surface area contributed by atoms with Crippen molar-refractivity contribution in [3.8, 4) is 0 Å². The van der Waals surface area contributed by atoms with Crippen LogP contribution in [0.2, 0.25) is 0 Å². The number of nitrogens with one attached hydrogen (secondary N) is 1. The molecule has 0 saturated carbocycles. The van der Waals surface area contributed by atoms with Crippen LogP contribution in [0, 0.1) is 13.8 Å². The normalized spacial score (nSPS) is 17.3. The second kappa shape index (κ2) is 6.63. The number of hydrogen-bond donors (Lipinski definition) is 1. The van der Waals surface area contributed by atoms with E-state index in [2.05, 4.69) is 21.5 Å². The van der Waals surface area contributed by atoms with E-state index in [-0.39, 0.29) is 5.91 Å². The van der Waals surface area contributed by atoms with E-state index in [0.717, 1.165) is 48.8 Å². The monoisotopic (exact) mass is 327 g/mol. The Bertz CT molecular complexity index is 752. The fourth-order valence-electron chi connectivity index (χ4n) is 3.29. The molecule has 1 saturated heterocycles. The quantitative estimate of drug-likeness (QED) is 0.937. The largest absolute Gasteiger partial charge is 0.388 e. The van der Waals surface area contributed by atoms with Gasteiger partial charge in [-0.05, 0) is 39.3 Å². The number of aromatic nitrogens is 3. The maximum absolute atomic E-state index is 12.8. The van der Waals surface area contributed by atoms with Gasteiger partial charge in [-0.15, -0.1) is 0 Å². The summed E-state index contributed by atoms with van der Waals surface area (Å²) < 4.78 is 1.82. The molecule has 0 aliphatic carbocycles. The molecule has 0 unspecified atom stereocenters. The van der Waals surface area contributed by atoms with E-state index in [9.17, 15) is 4.79 Å². The number of carbonyl (C=O) groups is 1. The van der Waals surface area contributed by atoms with Crippen LogP contribution in [-0.2, 0) is 6.54 Å². The second-order valence-electron chi connectivity index (χ2n) is 6.39. The van der Waals surface area contributed by atoms with Gasteiger partial charge >= 0.3 is 0 Å². The first-order chi connectivity index (χ1) is 11.5. The van der Waals surface area contributed by atoms with Crippen LogP contribution >= 0.6 is 0 Å². The number of hydrogen-bond acceptors (Lipinski definition) is 4. The molecule has 0 radical (unpaired) electrons. The molecule has 2 aromatic heterocycles. The van der Waals surface area contributed by atoms with Crippen LogP contribution in [0.25, 0.3) is 0 Å². The van der Waals surface area contributed by atoms with E-state index >= 15 is 0 Å². The van der Waals surface area contributed by atoms with Crippen molar-refractivity contribution in [1.82, 2.24) is 19.7 Å². The molecule has 3 heterocycles. The predicted octanol–water partition coefficient (Wildman–Crippen LogP) is 2.59. The molecule has 1 fully saturated rings. The van der Waals surface area contributed by atoms with Gasteiger partial charge < -0.3 is 10.2 Å². The molecule has 2 aromatic rings. The number of amides is 1. The summed E-state index contributed by atoms with van der Waals surface area (Å²) in [6.07, 6.45) is 2.81. The predicted molar refractivity (Wildman–Crippen MR) is 94.4 cm³/mol. The molecular weight excluding hydrogens is 302 g/mol. The van der Waals surface area contributed by atoms with Crippen LogP contribution in [0.3, 0.4) is 0 Å². The molecule has 1 atom stereocenters. The topological polar surface area (TPSA) is 63.1 Å². The standard InChI is InChI=1S/C18H25N5O/c1-5-23-11-16(13(3)21-23)18(24)22-7-6-14(10-22)17-9-15(19-4)8-12(2)20-17/h8-9,11,14H,5-7,10H2,1-4H3,(H,19,20)/t14-/m1/s1. The fraction of sp³-hybridized carbons (Fsp3) is 0.500. The van der Waals surface area contributed by atoms with E-state index in [1.54, 1.807) is 0 Å². The smallest absolute Gasteiger partial charge is 0.257 e. The SMILES string of the molecule is CCn1cc(C(=O)N2CC[C@@H](c3cc(NC)cc(C)n3)C2)c(C)n1. The molecule has 0 bridgehead atoms. The van der Waals surface area contributed by atoms with E-state index in [4.69, 9.17) is 0 Å². The highest BCUT2D eigenvalue weighted by Crippen LogP contribution is 2.29. The second-order valence-corrected chi connectivity index (χ2v) is 6.39. The van der Waals surface area contributed by atoms with E-state index in [1.807, 2.05) is 49.7 Å². The summed E-state index contributed by atoms with van der Waals surface area (Å²) in [5, 5.41) is 7.56. The van der Waals surface area contributed by atoms with Crippen molar-refractivity contribution in [1.29, 1.82) is 0 Å². The Balaban J connectivity index is 1.76. The zero-order chi connectivity index (χ0) is 17.3. The number of aryl methyl sites for hydroxylation is 3.